The zero-order chi connectivity index (χ0) is 15.4. The van der Waals surface area contributed by atoms with Gasteiger partial charge in [0.15, 0.2) is 16.8 Å². The van der Waals surface area contributed by atoms with Crippen LogP contribution in [0.4, 0.5) is 0 Å². The van der Waals surface area contributed by atoms with Crippen molar-refractivity contribution in [3.8, 4) is 5.75 Å². The molecule has 0 radical (unpaired) electrons. The lowest BCUT2D eigenvalue weighted by Gasteiger charge is -2.20. The highest BCUT2D eigenvalue weighted by Crippen LogP contribution is 2.14. The zero-order valence-electron chi connectivity index (χ0n) is 11.1. The fourth-order valence-corrected chi connectivity index (χ4v) is 2.00. The van der Waals surface area contributed by atoms with Crippen LogP contribution in [-0.4, -0.2) is 29.8 Å². The Morgan fingerprint density at radius 3 is 2.57 bits per heavy atom. The van der Waals surface area contributed by atoms with Crippen LogP contribution in [-0.2, 0) is 14.4 Å². The van der Waals surface area contributed by atoms with Crippen LogP contribution in [0, 0.1) is 5.92 Å². The van der Waals surface area contributed by atoms with Gasteiger partial charge < -0.3 is 15.4 Å². The molecule has 1 heterocycles. The van der Waals surface area contributed by atoms with Crippen molar-refractivity contribution < 1.29 is 19.1 Å². The Labute approximate surface area is 126 Å². The SMILES string of the molecule is COc1cccc(/C=C/C(=O)C2C(=O)NC(=S)NC2=O)c1. The van der Waals surface area contributed by atoms with Gasteiger partial charge in [0.05, 0.1) is 7.11 Å². The molecule has 0 spiro atoms. The second-order valence-electron chi connectivity index (χ2n) is 4.25. The van der Waals surface area contributed by atoms with Crippen LogP contribution in [0.2, 0.25) is 0 Å². The van der Waals surface area contributed by atoms with E-state index >= 15 is 0 Å². The van der Waals surface area contributed by atoms with E-state index in [1.807, 2.05) is 0 Å². The van der Waals surface area contributed by atoms with Crippen molar-refractivity contribution in [1.29, 1.82) is 0 Å². The molecule has 0 atom stereocenters. The van der Waals surface area contributed by atoms with E-state index in [-0.39, 0.29) is 5.11 Å². The zero-order valence-corrected chi connectivity index (χ0v) is 11.9. The van der Waals surface area contributed by atoms with Crippen LogP contribution in [0.3, 0.4) is 0 Å². The predicted molar refractivity (Wildman–Crippen MR) is 79.4 cm³/mol. The molecule has 2 rings (SSSR count). The van der Waals surface area contributed by atoms with E-state index in [0.717, 1.165) is 5.56 Å². The van der Waals surface area contributed by atoms with Crippen molar-refractivity contribution in [2.24, 2.45) is 5.92 Å². The first-order valence-corrected chi connectivity index (χ1v) is 6.44. The molecule has 1 aliphatic rings. The molecule has 6 nitrogen and oxygen atoms in total. The number of thiocarbonyl (C=S) groups is 1. The lowest BCUT2D eigenvalue weighted by molar-refractivity contribution is -0.140. The smallest absolute Gasteiger partial charge is 0.246 e. The highest BCUT2D eigenvalue weighted by Gasteiger charge is 2.37. The summed E-state index contributed by atoms with van der Waals surface area (Å²) in [6.45, 7) is 0. The van der Waals surface area contributed by atoms with E-state index < -0.39 is 23.5 Å². The molecule has 2 N–H and O–H groups in total. The Kier molecular flexibility index (Phi) is 4.44. The molecular weight excluding hydrogens is 292 g/mol. The van der Waals surface area contributed by atoms with Crippen LogP contribution < -0.4 is 15.4 Å². The highest BCUT2D eigenvalue weighted by molar-refractivity contribution is 7.80. The van der Waals surface area contributed by atoms with Crippen molar-refractivity contribution in [1.82, 2.24) is 10.6 Å². The molecule has 7 heteroatoms. The topological polar surface area (TPSA) is 84.5 Å². The normalized spacial score (nSPS) is 15.8. The van der Waals surface area contributed by atoms with E-state index in [0.29, 0.717) is 5.75 Å². The van der Waals surface area contributed by atoms with Crippen LogP contribution >= 0.6 is 12.2 Å². The van der Waals surface area contributed by atoms with E-state index in [1.54, 1.807) is 24.3 Å². The lowest BCUT2D eigenvalue weighted by Crippen LogP contribution is -2.57. The molecule has 0 aromatic heterocycles. The molecule has 1 aromatic carbocycles. The number of methoxy groups -OCH3 is 1. The Morgan fingerprint density at radius 1 is 1.29 bits per heavy atom. The van der Waals surface area contributed by atoms with E-state index in [9.17, 15) is 14.4 Å². The standard InChI is InChI=1S/C14H12N2O4S/c1-20-9-4-2-3-8(7-9)5-6-10(17)11-12(18)15-14(21)16-13(11)19/h2-7,11H,1H3,(H2,15,16,18,19,21)/b6-5+. The second kappa shape index (κ2) is 6.27. The van der Waals surface area contributed by atoms with Crippen LogP contribution in [0.25, 0.3) is 6.08 Å². The predicted octanol–water partition coefficient (Wildman–Crippen LogP) is 0.425. The summed E-state index contributed by atoms with van der Waals surface area (Å²) in [7, 11) is 1.54. The summed E-state index contributed by atoms with van der Waals surface area (Å²) in [5.74, 6) is -2.83. The fourth-order valence-electron chi connectivity index (χ4n) is 1.80. The molecule has 1 fully saturated rings. The molecular formula is C14H12N2O4S. The van der Waals surface area contributed by atoms with Gasteiger partial charge in [-0.25, -0.2) is 0 Å². The number of rotatable bonds is 4. The molecule has 108 valence electrons. The summed E-state index contributed by atoms with van der Waals surface area (Å²) in [4.78, 5) is 35.2. The largest absolute Gasteiger partial charge is 0.497 e. The second-order valence-corrected chi connectivity index (χ2v) is 4.66. The van der Waals surface area contributed by atoms with Gasteiger partial charge in [0.2, 0.25) is 11.8 Å². The molecule has 1 saturated heterocycles. The first kappa shape index (κ1) is 14.9. The minimum atomic E-state index is -1.42. The third kappa shape index (κ3) is 3.51. The summed E-state index contributed by atoms with van der Waals surface area (Å²) in [5.41, 5.74) is 0.717. The van der Waals surface area contributed by atoms with Crippen LogP contribution in [0.5, 0.6) is 5.75 Å². The highest BCUT2D eigenvalue weighted by atomic mass is 32.1. The molecule has 1 aliphatic heterocycles. The maximum atomic E-state index is 12.0. The summed E-state index contributed by atoms with van der Waals surface area (Å²) >= 11 is 4.66. The number of allylic oxidation sites excluding steroid dienone is 1. The van der Waals surface area contributed by atoms with Gasteiger partial charge in [-0.2, -0.15) is 0 Å². The number of hydrogen-bond donors (Lipinski definition) is 2. The van der Waals surface area contributed by atoms with E-state index in [2.05, 4.69) is 22.9 Å². The van der Waals surface area contributed by atoms with Crippen molar-refractivity contribution in [3.63, 3.8) is 0 Å². The molecule has 0 aliphatic carbocycles. The Bertz CT molecular complexity index is 634. The fraction of sp³-hybridized carbons (Fsp3) is 0.143. The van der Waals surface area contributed by atoms with Gasteiger partial charge in [-0.1, -0.05) is 18.2 Å². The lowest BCUT2D eigenvalue weighted by atomic mass is 9.99. The number of hydrogen-bond acceptors (Lipinski definition) is 5. The summed E-state index contributed by atoms with van der Waals surface area (Å²) in [6.07, 6.45) is 2.70. The molecule has 0 saturated carbocycles. The van der Waals surface area contributed by atoms with Gasteiger partial charge in [0, 0.05) is 0 Å². The van der Waals surface area contributed by atoms with Crippen molar-refractivity contribution in [2.45, 2.75) is 0 Å². The van der Waals surface area contributed by atoms with Crippen molar-refractivity contribution >= 4 is 41.0 Å². The minimum absolute atomic E-state index is 0.0918. The molecule has 0 bridgehead atoms. The number of benzene rings is 1. The average Bonchev–Trinajstić information content (AvgIpc) is 2.44. The van der Waals surface area contributed by atoms with Gasteiger partial charge >= 0.3 is 0 Å². The number of ketones is 1. The Morgan fingerprint density at radius 2 is 1.95 bits per heavy atom. The third-order valence-electron chi connectivity index (χ3n) is 2.82. The maximum absolute atomic E-state index is 12.0. The monoisotopic (exact) mass is 304 g/mol. The van der Waals surface area contributed by atoms with Crippen molar-refractivity contribution in [2.75, 3.05) is 7.11 Å². The first-order valence-electron chi connectivity index (χ1n) is 6.03. The van der Waals surface area contributed by atoms with Gasteiger partial charge in [0.25, 0.3) is 0 Å². The van der Waals surface area contributed by atoms with Crippen LogP contribution in [0.15, 0.2) is 30.3 Å². The van der Waals surface area contributed by atoms with E-state index in [1.165, 1.54) is 19.3 Å². The average molecular weight is 304 g/mol. The first-order chi connectivity index (χ1) is 10.0. The number of amides is 2. The van der Waals surface area contributed by atoms with Gasteiger partial charge in [-0.15, -0.1) is 0 Å². The number of carbonyl (C=O) groups is 3. The molecule has 0 unspecified atom stereocenters. The van der Waals surface area contributed by atoms with Gasteiger partial charge in [0.1, 0.15) is 5.75 Å². The summed E-state index contributed by atoms with van der Waals surface area (Å²) in [5, 5.41) is 4.39. The quantitative estimate of drug-likeness (QED) is 0.478. The van der Waals surface area contributed by atoms with Crippen molar-refractivity contribution in [3.05, 3.63) is 35.9 Å². The number of nitrogens with one attached hydrogen (secondary N) is 2. The molecule has 1 aromatic rings. The molecule has 21 heavy (non-hydrogen) atoms. The van der Waals surface area contributed by atoms with E-state index in [4.69, 9.17) is 4.74 Å². The number of carbonyl (C=O) groups excluding carboxylic acids is 3. The minimum Gasteiger partial charge on any atom is -0.497 e. The van der Waals surface area contributed by atoms with Crippen LogP contribution in [0.1, 0.15) is 5.56 Å². The Balaban J connectivity index is 2.13. The van der Waals surface area contributed by atoms with Gasteiger partial charge in [-0.3, -0.25) is 14.4 Å². The summed E-state index contributed by atoms with van der Waals surface area (Å²) < 4.78 is 5.06. The summed E-state index contributed by atoms with van der Waals surface area (Å²) in [6, 6.07) is 7.02. The molecule has 2 amide bonds. The third-order valence-corrected chi connectivity index (χ3v) is 3.02. The van der Waals surface area contributed by atoms with Gasteiger partial charge in [-0.05, 0) is 36.0 Å². The Hall–Kier alpha value is -2.54. The number of ether oxygens (including phenoxy) is 1. The maximum Gasteiger partial charge on any atom is 0.246 e.